The molecule has 0 fully saturated rings. The Morgan fingerprint density at radius 3 is 2.73 bits per heavy atom. The summed E-state index contributed by atoms with van der Waals surface area (Å²) in [7, 11) is 0. The third-order valence-electron chi connectivity index (χ3n) is 3.95. The highest BCUT2D eigenvalue weighted by atomic mass is 35.5. The zero-order valence-corrected chi connectivity index (χ0v) is 17.2. The summed E-state index contributed by atoms with van der Waals surface area (Å²) < 4.78 is 6.89. The molecule has 0 spiro atoms. The molecule has 0 radical (unpaired) electrons. The predicted octanol–water partition coefficient (Wildman–Crippen LogP) is 4.69. The van der Waals surface area contributed by atoms with Crippen molar-refractivity contribution in [3.8, 4) is 17.0 Å². The van der Waals surface area contributed by atoms with E-state index < -0.39 is 10.8 Å². The number of carbonyl (C=O) groups excluding carboxylic acids is 1. The summed E-state index contributed by atoms with van der Waals surface area (Å²) in [4.78, 5) is 27.1. The minimum absolute atomic E-state index is 0.0651. The number of carbonyl (C=O) groups is 1. The standard InChI is InChI=1S/C18H11Cl2N5O4S/c19-10-1-6-14(20)13(7-10)15-9-30-18-22-17(23-24(15)18)21-16(26)8-29-12-4-2-11(3-5-12)25(27)28/h1-7,9H,8H2,(H,21,23,26). The lowest BCUT2D eigenvalue weighted by atomic mass is 10.2. The summed E-state index contributed by atoms with van der Waals surface area (Å²) in [6.07, 6.45) is 0. The van der Waals surface area contributed by atoms with Crippen LogP contribution in [0.1, 0.15) is 0 Å². The SMILES string of the molecule is O=C(COc1ccc([N+](=O)[O-])cc1)Nc1nc2scc(-c3cc(Cl)ccc3Cl)n2n1. The lowest BCUT2D eigenvalue weighted by molar-refractivity contribution is -0.384. The number of thiazole rings is 1. The van der Waals surface area contributed by atoms with Crippen LogP contribution in [0.25, 0.3) is 16.2 Å². The number of halogens is 2. The van der Waals surface area contributed by atoms with Gasteiger partial charge in [0, 0.05) is 28.1 Å². The minimum Gasteiger partial charge on any atom is -0.484 e. The van der Waals surface area contributed by atoms with Gasteiger partial charge in [-0.15, -0.1) is 16.4 Å². The second-order valence-corrected chi connectivity index (χ2v) is 7.64. The van der Waals surface area contributed by atoms with Gasteiger partial charge in [0.2, 0.25) is 4.96 Å². The van der Waals surface area contributed by atoms with Crippen molar-refractivity contribution in [1.82, 2.24) is 14.6 Å². The summed E-state index contributed by atoms with van der Waals surface area (Å²) in [5, 5.41) is 20.4. The monoisotopic (exact) mass is 463 g/mol. The van der Waals surface area contributed by atoms with Gasteiger partial charge in [-0.2, -0.15) is 4.98 Å². The normalized spacial score (nSPS) is 10.9. The molecular weight excluding hydrogens is 453 g/mol. The average Bonchev–Trinajstić information content (AvgIpc) is 3.29. The highest BCUT2D eigenvalue weighted by Gasteiger charge is 2.16. The quantitative estimate of drug-likeness (QED) is 0.327. The van der Waals surface area contributed by atoms with E-state index in [0.717, 1.165) is 0 Å². The van der Waals surface area contributed by atoms with Crippen LogP contribution in [0.2, 0.25) is 10.0 Å². The van der Waals surface area contributed by atoms with E-state index in [1.807, 2.05) is 5.38 Å². The van der Waals surface area contributed by atoms with E-state index in [4.69, 9.17) is 27.9 Å². The molecule has 12 heteroatoms. The van der Waals surface area contributed by atoms with Crippen molar-refractivity contribution in [2.45, 2.75) is 0 Å². The Labute approximate surface area is 183 Å². The van der Waals surface area contributed by atoms with Crippen molar-refractivity contribution in [2.75, 3.05) is 11.9 Å². The molecule has 0 saturated carbocycles. The van der Waals surface area contributed by atoms with Crippen molar-refractivity contribution < 1.29 is 14.5 Å². The maximum atomic E-state index is 12.1. The fraction of sp³-hybridized carbons (Fsp3) is 0.0556. The molecule has 0 bridgehead atoms. The molecule has 0 aliphatic carbocycles. The molecule has 9 nitrogen and oxygen atoms in total. The summed E-state index contributed by atoms with van der Waals surface area (Å²) in [6, 6.07) is 10.5. The lowest BCUT2D eigenvalue weighted by Gasteiger charge is -2.05. The van der Waals surface area contributed by atoms with E-state index in [9.17, 15) is 14.9 Å². The maximum Gasteiger partial charge on any atom is 0.269 e. The molecule has 152 valence electrons. The Balaban J connectivity index is 1.45. The van der Waals surface area contributed by atoms with Crippen LogP contribution in [0.15, 0.2) is 47.8 Å². The molecule has 0 unspecified atom stereocenters. The van der Waals surface area contributed by atoms with Crippen LogP contribution in [0, 0.1) is 10.1 Å². The van der Waals surface area contributed by atoms with Gasteiger partial charge in [-0.1, -0.05) is 23.2 Å². The molecule has 0 saturated heterocycles. The molecule has 2 aromatic heterocycles. The molecule has 1 amide bonds. The predicted molar refractivity (Wildman–Crippen MR) is 114 cm³/mol. The van der Waals surface area contributed by atoms with E-state index in [1.165, 1.54) is 35.6 Å². The second kappa shape index (κ2) is 8.27. The summed E-state index contributed by atoms with van der Waals surface area (Å²) in [5.74, 6) is -0.0417. The van der Waals surface area contributed by atoms with Crippen molar-refractivity contribution in [2.24, 2.45) is 0 Å². The Kier molecular flexibility index (Phi) is 5.53. The van der Waals surface area contributed by atoms with Gasteiger partial charge in [0.15, 0.2) is 6.61 Å². The van der Waals surface area contributed by atoms with Crippen LogP contribution in [0.3, 0.4) is 0 Å². The fourth-order valence-corrected chi connectivity index (χ4v) is 3.80. The first kappa shape index (κ1) is 20.1. The first-order valence-electron chi connectivity index (χ1n) is 8.37. The molecule has 30 heavy (non-hydrogen) atoms. The smallest absolute Gasteiger partial charge is 0.269 e. The van der Waals surface area contributed by atoms with Gasteiger partial charge in [-0.05, 0) is 30.3 Å². The van der Waals surface area contributed by atoms with E-state index in [1.54, 1.807) is 22.7 Å². The Hall–Kier alpha value is -3.21. The van der Waals surface area contributed by atoms with Gasteiger partial charge >= 0.3 is 0 Å². The number of fused-ring (bicyclic) bond motifs is 1. The molecule has 2 heterocycles. The molecule has 0 aliphatic heterocycles. The molecule has 2 aromatic carbocycles. The number of nitrogens with one attached hydrogen (secondary N) is 1. The van der Waals surface area contributed by atoms with E-state index >= 15 is 0 Å². The van der Waals surface area contributed by atoms with Gasteiger partial charge in [0.25, 0.3) is 17.5 Å². The number of nitro groups is 1. The van der Waals surface area contributed by atoms with Gasteiger partial charge in [0.1, 0.15) is 5.75 Å². The molecule has 4 aromatic rings. The molecular formula is C18H11Cl2N5O4S. The van der Waals surface area contributed by atoms with Crippen LogP contribution in [0.4, 0.5) is 11.6 Å². The molecule has 1 N–H and O–H groups in total. The van der Waals surface area contributed by atoms with Gasteiger partial charge in [-0.25, -0.2) is 4.52 Å². The number of benzene rings is 2. The number of hydrogen-bond acceptors (Lipinski definition) is 7. The van der Waals surface area contributed by atoms with Crippen molar-refractivity contribution in [3.05, 3.63) is 68.0 Å². The maximum absolute atomic E-state index is 12.1. The number of nitro benzene ring substituents is 1. The third kappa shape index (κ3) is 4.20. The van der Waals surface area contributed by atoms with Crippen molar-refractivity contribution >= 4 is 57.0 Å². The highest BCUT2D eigenvalue weighted by Crippen LogP contribution is 2.33. The first-order valence-corrected chi connectivity index (χ1v) is 10.0. The van der Waals surface area contributed by atoms with Crippen molar-refractivity contribution in [1.29, 1.82) is 0 Å². The van der Waals surface area contributed by atoms with Crippen LogP contribution in [-0.2, 0) is 4.79 Å². The Bertz CT molecular complexity index is 1260. The van der Waals surface area contributed by atoms with Crippen molar-refractivity contribution in [3.63, 3.8) is 0 Å². The number of aromatic nitrogens is 3. The number of rotatable bonds is 6. The van der Waals surface area contributed by atoms with Crippen LogP contribution < -0.4 is 10.1 Å². The molecule has 0 atom stereocenters. The van der Waals surface area contributed by atoms with Crippen LogP contribution in [0.5, 0.6) is 5.75 Å². The summed E-state index contributed by atoms with van der Waals surface area (Å²) >= 11 is 13.7. The zero-order valence-electron chi connectivity index (χ0n) is 14.9. The minimum atomic E-state index is -0.516. The number of nitrogens with zero attached hydrogens (tertiary/aromatic N) is 4. The molecule has 4 rings (SSSR count). The van der Waals surface area contributed by atoms with Gasteiger partial charge < -0.3 is 4.74 Å². The number of non-ortho nitro benzene ring substituents is 1. The lowest BCUT2D eigenvalue weighted by Crippen LogP contribution is -2.21. The summed E-state index contributed by atoms with van der Waals surface area (Å²) in [5.41, 5.74) is 1.32. The topological polar surface area (TPSA) is 112 Å². The van der Waals surface area contributed by atoms with E-state index in [0.29, 0.717) is 32.0 Å². The van der Waals surface area contributed by atoms with E-state index in [2.05, 4.69) is 15.4 Å². The Morgan fingerprint density at radius 2 is 2.00 bits per heavy atom. The number of anilines is 1. The Morgan fingerprint density at radius 1 is 1.23 bits per heavy atom. The number of hydrogen-bond donors (Lipinski definition) is 1. The third-order valence-corrected chi connectivity index (χ3v) is 5.34. The zero-order chi connectivity index (χ0) is 21.3. The first-order chi connectivity index (χ1) is 14.4. The fourth-order valence-electron chi connectivity index (χ4n) is 2.59. The largest absolute Gasteiger partial charge is 0.484 e. The number of ether oxygens (including phenoxy) is 1. The molecule has 0 aliphatic rings. The van der Waals surface area contributed by atoms with Crippen LogP contribution in [-0.4, -0.2) is 32.0 Å². The average molecular weight is 464 g/mol. The van der Waals surface area contributed by atoms with Gasteiger partial charge in [-0.3, -0.25) is 20.2 Å². The van der Waals surface area contributed by atoms with E-state index in [-0.39, 0.29) is 18.2 Å². The second-order valence-electron chi connectivity index (χ2n) is 5.96. The van der Waals surface area contributed by atoms with Crippen LogP contribution >= 0.6 is 34.5 Å². The highest BCUT2D eigenvalue weighted by molar-refractivity contribution is 7.15. The number of amides is 1. The summed E-state index contributed by atoms with van der Waals surface area (Å²) in [6.45, 7) is -0.308. The van der Waals surface area contributed by atoms with Gasteiger partial charge in [0.05, 0.1) is 15.6 Å².